The summed E-state index contributed by atoms with van der Waals surface area (Å²) in [4.78, 5) is 22.6. The molecule has 0 radical (unpaired) electrons. The molecule has 1 rings (SSSR count). The van der Waals surface area contributed by atoms with Crippen molar-refractivity contribution in [2.24, 2.45) is 0 Å². The Hall–Kier alpha value is -1.36. The van der Waals surface area contributed by atoms with Gasteiger partial charge in [-0.25, -0.2) is 9.97 Å². The van der Waals surface area contributed by atoms with Gasteiger partial charge in [0.1, 0.15) is 16.8 Å². The Morgan fingerprint density at radius 1 is 1.35 bits per heavy atom. The molecule has 0 saturated heterocycles. The summed E-state index contributed by atoms with van der Waals surface area (Å²) >= 11 is 6.14. The number of aromatic nitrogens is 2. The van der Waals surface area contributed by atoms with Crippen LogP contribution in [0.3, 0.4) is 0 Å². The van der Waals surface area contributed by atoms with E-state index in [1.807, 2.05) is 39.5 Å². The van der Waals surface area contributed by atoms with Gasteiger partial charge in [-0.2, -0.15) is 0 Å². The number of carbonyl (C=O) groups excluding carboxylic acids is 1. The molecule has 0 saturated carbocycles. The number of carbonyl (C=O) groups is 1. The first-order valence-electron chi connectivity index (χ1n) is 6.96. The van der Waals surface area contributed by atoms with Gasteiger partial charge in [-0.1, -0.05) is 18.5 Å². The minimum absolute atomic E-state index is 0.0194. The van der Waals surface area contributed by atoms with Gasteiger partial charge in [0.05, 0.1) is 6.54 Å². The molecule has 1 aromatic rings. The topological polar surface area (TPSA) is 58.1 Å². The highest BCUT2D eigenvalue weighted by Gasteiger charge is 2.17. The second-order valence-electron chi connectivity index (χ2n) is 4.97. The van der Waals surface area contributed by atoms with Crippen LogP contribution in [0.15, 0.2) is 0 Å². The second kappa shape index (κ2) is 7.43. The lowest BCUT2D eigenvalue weighted by Gasteiger charge is -2.24. The largest absolute Gasteiger partial charge is 0.352 e. The van der Waals surface area contributed by atoms with Gasteiger partial charge in [-0.05, 0) is 27.7 Å². The highest BCUT2D eigenvalue weighted by Crippen LogP contribution is 2.23. The first kappa shape index (κ1) is 16.7. The number of aryl methyl sites for hydroxylation is 1. The average Bonchev–Trinajstić information content (AvgIpc) is 2.38. The molecule has 0 unspecified atom stereocenters. The maximum Gasteiger partial charge on any atom is 0.239 e. The maximum absolute atomic E-state index is 11.9. The van der Waals surface area contributed by atoms with Gasteiger partial charge in [-0.15, -0.1) is 0 Å². The van der Waals surface area contributed by atoms with Gasteiger partial charge in [0.2, 0.25) is 5.91 Å². The molecule has 0 spiro atoms. The molecule has 1 heterocycles. The van der Waals surface area contributed by atoms with Crippen LogP contribution in [0.5, 0.6) is 0 Å². The zero-order chi connectivity index (χ0) is 15.3. The number of hydrogen-bond donors (Lipinski definition) is 1. The summed E-state index contributed by atoms with van der Waals surface area (Å²) in [5, 5.41) is 3.34. The summed E-state index contributed by atoms with van der Waals surface area (Å²) in [5.41, 5.74) is 0.808. The maximum atomic E-state index is 11.9. The Morgan fingerprint density at radius 2 is 2.00 bits per heavy atom. The van der Waals surface area contributed by atoms with Crippen LogP contribution in [0.4, 0.5) is 5.82 Å². The molecule has 0 aromatic carbocycles. The predicted molar refractivity (Wildman–Crippen MR) is 82.3 cm³/mol. The average molecular weight is 299 g/mol. The molecule has 0 bridgehead atoms. The fourth-order valence-electron chi connectivity index (χ4n) is 1.86. The van der Waals surface area contributed by atoms with Gasteiger partial charge in [0.15, 0.2) is 0 Å². The highest BCUT2D eigenvalue weighted by atomic mass is 35.5. The van der Waals surface area contributed by atoms with Crippen LogP contribution in [0.25, 0.3) is 0 Å². The van der Waals surface area contributed by atoms with Crippen molar-refractivity contribution in [2.75, 3.05) is 18.0 Å². The normalized spacial score (nSPS) is 10.8. The smallest absolute Gasteiger partial charge is 0.239 e. The molecular formula is C14H23ClN4O. The van der Waals surface area contributed by atoms with Gasteiger partial charge >= 0.3 is 0 Å². The Kier molecular flexibility index (Phi) is 6.20. The third-order valence-electron chi connectivity index (χ3n) is 2.89. The van der Waals surface area contributed by atoms with Crippen molar-refractivity contribution < 1.29 is 4.79 Å². The van der Waals surface area contributed by atoms with Gasteiger partial charge in [0.25, 0.3) is 0 Å². The number of nitrogens with one attached hydrogen (secondary N) is 1. The van der Waals surface area contributed by atoms with Crippen LogP contribution >= 0.6 is 11.6 Å². The number of halogens is 1. The van der Waals surface area contributed by atoms with E-state index < -0.39 is 0 Å². The monoisotopic (exact) mass is 298 g/mol. The van der Waals surface area contributed by atoms with Crippen molar-refractivity contribution >= 4 is 23.3 Å². The van der Waals surface area contributed by atoms with Crippen molar-refractivity contribution in [3.63, 3.8) is 0 Å². The summed E-state index contributed by atoms with van der Waals surface area (Å²) in [6.45, 7) is 10.7. The van der Waals surface area contributed by atoms with E-state index in [0.717, 1.165) is 11.4 Å². The van der Waals surface area contributed by atoms with E-state index in [-0.39, 0.29) is 18.5 Å². The molecule has 1 N–H and O–H groups in total. The van der Waals surface area contributed by atoms with Crippen molar-refractivity contribution in [1.29, 1.82) is 0 Å². The molecule has 1 amide bonds. The fourth-order valence-corrected chi connectivity index (χ4v) is 2.05. The van der Waals surface area contributed by atoms with Crippen molar-refractivity contribution in [2.45, 2.75) is 47.1 Å². The molecule has 6 heteroatoms. The molecule has 0 aliphatic heterocycles. The van der Waals surface area contributed by atoms with Crippen LogP contribution in [-0.2, 0) is 11.2 Å². The molecule has 20 heavy (non-hydrogen) atoms. The van der Waals surface area contributed by atoms with E-state index in [0.29, 0.717) is 23.9 Å². The van der Waals surface area contributed by atoms with Gasteiger partial charge < -0.3 is 10.2 Å². The quantitative estimate of drug-likeness (QED) is 0.819. The van der Waals surface area contributed by atoms with Crippen molar-refractivity contribution in [1.82, 2.24) is 15.3 Å². The number of hydrogen-bond acceptors (Lipinski definition) is 4. The fraction of sp³-hybridized carbons (Fsp3) is 0.643. The Morgan fingerprint density at radius 3 is 2.50 bits per heavy atom. The van der Waals surface area contributed by atoms with E-state index >= 15 is 0 Å². The molecular weight excluding hydrogens is 276 g/mol. The molecule has 5 nitrogen and oxygen atoms in total. The Bertz CT molecular complexity index is 476. The Labute approximate surface area is 125 Å². The number of nitrogens with zero attached hydrogens (tertiary/aromatic N) is 3. The summed E-state index contributed by atoms with van der Waals surface area (Å²) in [7, 11) is 0. The lowest BCUT2D eigenvalue weighted by Crippen LogP contribution is -2.40. The SMILES string of the molecule is CCc1nc(Cl)c(C)c(N(CC)CC(=O)NC(C)C)n1. The zero-order valence-electron chi connectivity index (χ0n) is 12.8. The molecule has 1 aromatic heterocycles. The molecule has 112 valence electrons. The summed E-state index contributed by atoms with van der Waals surface area (Å²) in [6, 6.07) is 0.127. The van der Waals surface area contributed by atoms with Crippen LogP contribution < -0.4 is 10.2 Å². The van der Waals surface area contributed by atoms with Gasteiger partial charge in [0, 0.05) is 24.6 Å². The van der Waals surface area contributed by atoms with Crippen LogP contribution in [0, 0.1) is 6.92 Å². The third-order valence-corrected chi connectivity index (χ3v) is 3.26. The Balaban J connectivity index is 3.00. The predicted octanol–water partition coefficient (Wildman–Crippen LogP) is 2.35. The zero-order valence-corrected chi connectivity index (χ0v) is 13.6. The lowest BCUT2D eigenvalue weighted by atomic mass is 10.3. The van der Waals surface area contributed by atoms with Crippen LogP contribution in [0.1, 0.15) is 39.1 Å². The number of amides is 1. The summed E-state index contributed by atoms with van der Waals surface area (Å²) in [5.74, 6) is 1.41. The van der Waals surface area contributed by atoms with Crippen LogP contribution in [0.2, 0.25) is 5.15 Å². The second-order valence-corrected chi connectivity index (χ2v) is 5.33. The van der Waals surface area contributed by atoms with Crippen molar-refractivity contribution in [3.05, 3.63) is 16.5 Å². The minimum Gasteiger partial charge on any atom is -0.352 e. The summed E-state index contributed by atoms with van der Waals surface area (Å²) in [6.07, 6.45) is 0.711. The van der Waals surface area contributed by atoms with E-state index in [2.05, 4.69) is 15.3 Å². The van der Waals surface area contributed by atoms with Crippen LogP contribution in [-0.4, -0.2) is 35.0 Å². The van der Waals surface area contributed by atoms with E-state index in [4.69, 9.17) is 11.6 Å². The van der Waals surface area contributed by atoms with E-state index in [9.17, 15) is 4.79 Å². The number of anilines is 1. The summed E-state index contributed by atoms with van der Waals surface area (Å²) < 4.78 is 0. The lowest BCUT2D eigenvalue weighted by molar-refractivity contribution is -0.120. The molecule has 0 aliphatic rings. The van der Waals surface area contributed by atoms with E-state index in [1.165, 1.54) is 0 Å². The first-order valence-corrected chi connectivity index (χ1v) is 7.34. The minimum atomic E-state index is -0.0194. The molecule has 0 atom stereocenters. The molecule has 0 fully saturated rings. The molecule has 0 aliphatic carbocycles. The first-order chi connectivity index (χ1) is 9.38. The van der Waals surface area contributed by atoms with Gasteiger partial charge in [-0.3, -0.25) is 4.79 Å². The van der Waals surface area contributed by atoms with Crippen molar-refractivity contribution in [3.8, 4) is 0 Å². The number of rotatable bonds is 6. The standard InChI is InChI=1S/C14H23ClN4O/c1-6-11-17-13(15)10(5)14(18-11)19(7-2)8-12(20)16-9(3)4/h9H,6-8H2,1-5H3,(H,16,20). The highest BCUT2D eigenvalue weighted by molar-refractivity contribution is 6.30. The number of likely N-dealkylation sites (N-methyl/N-ethyl adjacent to an activating group) is 1. The van der Waals surface area contributed by atoms with E-state index in [1.54, 1.807) is 0 Å². The third kappa shape index (κ3) is 4.34.